The first kappa shape index (κ1) is 16.4. The number of nitrogens with one attached hydrogen (secondary N) is 1. The van der Waals surface area contributed by atoms with Crippen LogP contribution in [0, 0.1) is 0 Å². The molecule has 0 bridgehead atoms. The van der Waals surface area contributed by atoms with Crippen LogP contribution in [-0.4, -0.2) is 47.8 Å². The van der Waals surface area contributed by atoms with Crippen molar-refractivity contribution in [2.75, 3.05) is 18.2 Å². The van der Waals surface area contributed by atoms with Crippen molar-refractivity contribution in [1.29, 1.82) is 0 Å². The predicted molar refractivity (Wildman–Crippen MR) is 88.5 cm³/mol. The molecule has 0 radical (unpaired) electrons. The first-order valence-electron chi connectivity index (χ1n) is 7.48. The highest BCUT2D eigenvalue weighted by atomic mass is 16.5. The third kappa shape index (κ3) is 3.88. The van der Waals surface area contributed by atoms with E-state index in [0.29, 0.717) is 29.5 Å². The maximum atomic E-state index is 12.1. The lowest BCUT2D eigenvalue weighted by molar-refractivity contribution is -0.116. The van der Waals surface area contributed by atoms with Crippen LogP contribution in [0.2, 0.25) is 0 Å². The van der Waals surface area contributed by atoms with E-state index < -0.39 is 0 Å². The summed E-state index contributed by atoms with van der Waals surface area (Å²) in [5, 5.41) is 14.5. The lowest BCUT2D eigenvalue weighted by Gasteiger charge is -2.03. The number of rotatable bonds is 6. The summed E-state index contributed by atoms with van der Waals surface area (Å²) in [7, 11) is 1.49. The Morgan fingerprint density at radius 3 is 2.88 bits per heavy atom. The second-order valence-electron chi connectivity index (χ2n) is 5.09. The minimum absolute atomic E-state index is 0.0245. The highest BCUT2D eigenvalue weighted by Crippen LogP contribution is 2.21. The Labute approximate surface area is 142 Å². The van der Waals surface area contributed by atoms with Gasteiger partial charge in [-0.15, -0.1) is 5.10 Å². The van der Waals surface area contributed by atoms with Gasteiger partial charge >= 0.3 is 0 Å². The largest absolute Gasteiger partial charge is 0.481 e. The van der Waals surface area contributed by atoms with Gasteiger partial charge in [-0.2, -0.15) is 10.1 Å². The van der Waals surface area contributed by atoms with Crippen LogP contribution < -0.4 is 15.8 Å². The van der Waals surface area contributed by atoms with Crippen LogP contribution in [0.3, 0.4) is 0 Å². The molecule has 0 atom stereocenters. The van der Waals surface area contributed by atoms with Gasteiger partial charge < -0.3 is 15.8 Å². The van der Waals surface area contributed by atoms with Crippen LogP contribution in [0.5, 0.6) is 5.88 Å². The van der Waals surface area contributed by atoms with Crippen LogP contribution in [0.1, 0.15) is 6.92 Å². The molecule has 1 amide bonds. The number of nitrogens with two attached hydrogens (primary N) is 1. The maximum absolute atomic E-state index is 12.1. The number of aromatic nitrogens is 7. The van der Waals surface area contributed by atoms with E-state index in [0.717, 1.165) is 0 Å². The number of amides is 1. The number of methoxy groups -OCH3 is 1. The van der Waals surface area contributed by atoms with Crippen LogP contribution in [-0.2, 0) is 17.9 Å². The van der Waals surface area contributed by atoms with Crippen molar-refractivity contribution in [3.8, 4) is 17.1 Å². The molecular weight excluding hydrogens is 326 g/mol. The molecule has 0 aliphatic rings. The Bertz CT molecular complexity index is 886. The van der Waals surface area contributed by atoms with E-state index in [1.165, 1.54) is 11.8 Å². The van der Waals surface area contributed by atoms with Gasteiger partial charge in [0.25, 0.3) is 0 Å². The average molecular weight is 343 g/mol. The summed E-state index contributed by atoms with van der Waals surface area (Å²) < 4.78 is 8.17. The lowest BCUT2D eigenvalue weighted by atomic mass is 10.2. The number of hydrogen-bond donors (Lipinski definition) is 2. The summed E-state index contributed by atoms with van der Waals surface area (Å²) in [5.74, 6) is 0.580. The van der Waals surface area contributed by atoms with Crippen molar-refractivity contribution in [3.05, 3.63) is 24.7 Å². The number of anilines is 2. The van der Waals surface area contributed by atoms with Gasteiger partial charge in [-0.05, 0) is 6.92 Å². The SMILES string of the molecule is CCn1cc(NC(=O)Cn2cc(-c3cc(OC)nc(N)n3)cn2)nn1. The van der Waals surface area contributed by atoms with Gasteiger partial charge in [0, 0.05) is 24.4 Å². The summed E-state index contributed by atoms with van der Waals surface area (Å²) in [6.07, 6.45) is 4.92. The Morgan fingerprint density at radius 2 is 2.16 bits per heavy atom. The molecule has 3 rings (SSSR count). The number of carbonyl (C=O) groups excluding carboxylic acids is 1. The van der Waals surface area contributed by atoms with Gasteiger partial charge in [-0.1, -0.05) is 5.21 Å². The molecule has 11 nitrogen and oxygen atoms in total. The van der Waals surface area contributed by atoms with E-state index >= 15 is 0 Å². The van der Waals surface area contributed by atoms with Gasteiger partial charge in [-0.25, -0.2) is 4.98 Å². The Kier molecular flexibility index (Phi) is 4.55. The molecule has 0 saturated carbocycles. The van der Waals surface area contributed by atoms with E-state index in [-0.39, 0.29) is 18.4 Å². The number of nitrogen functional groups attached to an aromatic ring is 1. The first-order chi connectivity index (χ1) is 12.1. The molecule has 11 heteroatoms. The van der Waals surface area contributed by atoms with Crippen molar-refractivity contribution in [3.63, 3.8) is 0 Å². The Hall–Kier alpha value is -3.50. The summed E-state index contributed by atoms with van der Waals surface area (Å²) in [6.45, 7) is 2.63. The first-order valence-corrected chi connectivity index (χ1v) is 7.48. The molecule has 0 aliphatic heterocycles. The molecule has 0 saturated heterocycles. The van der Waals surface area contributed by atoms with E-state index in [1.807, 2.05) is 6.92 Å². The van der Waals surface area contributed by atoms with E-state index in [4.69, 9.17) is 10.5 Å². The maximum Gasteiger partial charge on any atom is 0.247 e. The van der Waals surface area contributed by atoms with Gasteiger partial charge in [0.2, 0.25) is 17.7 Å². The minimum atomic E-state index is -0.266. The summed E-state index contributed by atoms with van der Waals surface area (Å²) in [5.41, 5.74) is 6.90. The molecular formula is C14H17N9O2. The van der Waals surface area contributed by atoms with Crippen molar-refractivity contribution >= 4 is 17.7 Å². The monoisotopic (exact) mass is 343 g/mol. The topological polar surface area (TPSA) is 139 Å². The van der Waals surface area contributed by atoms with E-state index in [2.05, 4.69) is 30.7 Å². The summed E-state index contributed by atoms with van der Waals surface area (Å²) >= 11 is 0. The van der Waals surface area contributed by atoms with Gasteiger partial charge in [-0.3, -0.25) is 14.2 Å². The second-order valence-corrected chi connectivity index (χ2v) is 5.09. The number of ether oxygens (including phenoxy) is 1. The van der Waals surface area contributed by atoms with Gasteiger partial charge in [0.15, 0.2) is 5.82 Å². The zero-order valence-electron chi connectivity index (χ0n) is 13.7. The fourth-order valence-electron chi connectivity index (χ4n) is 2.12. The lowest BCUT2D eigenvalue weighted by Crippen LogP contribution is -2.19. The number of nitrogens with zero attached hydrogens (tertiary/aromatic N) is 7. The normalized spacial score (nSPS) is 10.6. The van der Waals surface area contributed by atoms with E-state index in [1.54, 1.807) is 29.3 Å². The van der Waals surface area contributed by atoms with Crippen molar-refractivity contribution in [2.24, 2.45) is 0 Å². The molecule has 3 aromatic rings. The summed E-state index contributed by atoms with van der Waals surface area (Å²) in [4.78, 5) is 20.1. The van der Waals surface area contributed by atoms with Crippen molar-refractivity contribution < 1.29 is 9.53 Å². The molecule has 3 N–H and O–H groups in total. The molecule has 0 unspecified atom stereocenters. The minimum Gasteiger partial charge on any atom is -0.481 e. The Morgan fingerprint density at radius 1 is 1.32 bits per heavy atom. The smallest absolute Gasteiger partial charge is 0.247 e. The number of aryl methyl sites for hydroxylation is 1. The Balaban J connectivity index is 1.69. The summed E-state index contributed by atoms with van der Waals surface area (Å²) in [6, 6.07) is 1.64. The third-order valence-electron chi connectivity index (χ3n) is 3.29. The zero-order valence-corrected chi connectivity index (χ0v) is 13.7. The fraction of sp³-hybridized carbons (Fsp3) is 0.286. The van der Waals surface area contributed by atoms with Gasteiger partial charge in [0.1, 0.15) is 6.54 Å². The van der Waals surface area contributed by atoms with Crippen LogP contribution in [0.25, 0.3) is 11.3 Å². The molecule has 130 valence electrons. The van der Waals surface area contributed by atoms with Crippen molar-refractivity contribution in [2.45, 2.75) is 20.0 Å². The molecule has 0 spiro atoms. The molecule has 3 aromatic heterocycles. The number of hydrogen-bond acceptors (Lipinski definition) is 8. The third-order valence-corrected chi connectivity index (χ3v) is 3.29. The predicted octanol–water partition coefficient (Wildman–Crippen LogP) is 0.181. The van der Waals surface area contributed by atoms with Crippen LogP contribution in [0.4, 0.5) is 11.8 Å². The number of carbonyl (C=O) groups is 1. The highest BCUT2D eigenvalue weighted by molar-refractivity contribution is 5.89. The fourth-order valence-corrected chi connectivity index (χ4v) is 2.12. The van der Waals surface area contributed by atoms with Crippen LogP contribution in [0.15, 0.2) is 24.7 Å². The second kappa shape index (κ2) is 6.95. The van der Waals surface area contributed by atoms with Crippen LogP contribution >= 0.6 is 0 Å². The quantitative estimate of drug-likeness (QED) is 0.646. The molecule has 0 fully saturated rings. The van der Waals surface area contributed by atoms with E-state index in [9.17, 15) is 4.79 Å². The molecule has 3 heterocycles. The molecule has 0 aromatic carbocycles. The molecule has 25 heavy (non-hydrogen) atoms. The standard InChI is InChI=1S/C14H17N9O2/c1-3-22-7-11(20-21-22)18-12(24)8-23-6-9(5-16-23)10-4-13(25-2)19-14(15)17-10/h4-7H,3,8H2,1-2H3,(H,18,24)(H2,15,17,19). The van der Waals surface area contributed by atoms with Gasteiger partial charge in [0.05, 0.1) is 25.2 Å². The zero-order chi connectivity index (χ0) is 17.8. The van der Waals surface area contributed by atoms with Crippen molar-refractivity contribution in [1.82, 2.24) is 34.7 Å². The average Bonchev–Trinajstić information content (AvgIpc) is 3.23. The molecule has 0 aliphatic carbocycles. The highest BCUT2D eigenvalue weighted by Gasteiger charge is 2.11.